The zero-order valence-corrected chi connectivity index (χ0v) is 9.41. The van der Waals surface area contributed by atoms with E-state index in [-0.39, 0.29) is 6.10 Å². The SMILES string of the molecule is Cc1cc(OC(C)C)c(Cl)cc1Cl. The van der Waals surface area contributed by atoms with Crippen molar-refractivity contribution >= 4 is 23.2 Å². The molecule has 13 heavy (non-hydrogen) atoms. The van der Waals surface area contributed by atoms with E-state index in [0.29, 0.717) is 15.8 Å². The highest BCUT2D eigenvalue weighted by atomic mass is 35.5. The summed E-state index contributed by atoms with van der Waals surface area (Å²) in [7, 11) is 0. The predicted octanol–water partition coefficient (Wildman–Crippen LogP) is 4.09. The number of hydrogen-bond donors (Lipinski definition) is 0. The minimum atomic E-state index is 0.123. The Morgan fingerprint density at radius 1 is 1.15 bits per heavy atom. The van der Waals surface area contributed by atoms with E-state index >= 15 is 0 Å². The maximum absolute atomic E-state index is 5.94. The summed E-state index contributed by atoms with van der Waals surface area (Å²) in [5.41, 5.74) is 0.974. The van der Waals surface area contributed by atoms with Gasteiger partial charge in [0.15, 0.2) is 0 Å². The number of ether oxygens (including phenoxy) is 1. The first kappa shape index (κ1) is 10.7. The summed E-state index contributed by atoms with van der Waals surface area (Å²) in [5, 5.41) is 1.23. The summed E-state index contributed by atoms with van der Waals surface area (Å²) in [5.74, 6) is 0.693. The van der Waals surface area contributed by atoms with Crippen LogP contribution < -0.4 is 4.74 Å². The first-order chi connectivity index (χ1) is 6.00. The fraction of sp³-hybridized carbons (Fsp3) is 0.400. The molecule has 0 aromatic heterocycles. The van der Waals surface area contributed by atoms with E-state index in [0.717, 1.165) is 5.56 Å². The normalized spacial score (nSPS) is 10.6. The van der Waals surface area contributed by atoms with Gasteiger partial charge in [-0.15, -0.1) is 0 Å². The number of rotatable bonds is 2. The van der Waals surface area contributed by atoms with Gasteiger partial charge in [-0.3, -0.25) is 0 Å². The molecule has 0 aliphatic carbocycles. The maximum Gasteiger partial charge on any atom is 0.138 e. The number of hydrogen-bond acceptors (Lipinski definition) is 1. The molecule has 0 aliphatic rings. The van der Waals surface area contributed by atoms with Gasteiger partial charge in [0.1, 0.15) is 5.75 Å². The second kappa shape index (κ2) is 4.21. The Hall–Kier alpha value is -0.400. The Kier molecular flexibility index (Phi) is 3.46. The van der Waals surface area contributed by atoms with Crippen LogP contribution in [-0.2, 0) is 0 Å². The van der Waals surface area contributed by atoms with Gasteiger partial charge in [-0.2, -0.15) is 0 Å². The lowest BCUT2D eigenvalue weighted by Crippen LogP contribution is -2.06. The van der Waals surface area contributed by atoms with Crippen molar-refractivity contribution in [2.45, 2.75) is 26.9 Å². The monoisotopic (exact) mass is 218 g/mol. The largest absolute Gasteiger partial charge is 0.489 e. The second-order valence-corrected chi connectivity index (χ2v) is 4.01. The third-order valence-corrected chi connectivity index (χ3v) is 2.28. The summed E-state index contributed by atoms with van der Waals surface area (Å²) in [6, 6.07) is 3.56. The molecule has 0 spiro atoms. The standard InChI is InChI=1S/C10H12Cl2O/c1-6(2)13-10-4-7(3)8(11)5-9(10)12/h4-6H,1-3H3. The van der Waals surface area contributed by atoms with Crippen molar-refractivity contribution < 1.29 is 4.74 Å². The third-order valence-electron chi connectivity index (χ3n) is 1.58. The van der Waals surface area contributed by atoms with Gasteiger partial charge < -0.3 is 4.74 Å². The summed E-state index contributed by atoms with van der Waals surface area (Å²) in [4.78, 5) is 0. The lowest BCUT2D eigenvalue weighted by molar-refractivity contribution is 0.242. The zero-order valence-electron chi connectivity index (χ0n) is 7.90. The fourth-order valence-electron chi connectivity index (χ4n) is 0.975. The van der Waals surface area contributed by atoms with Gasteiger partial charge in [0.05, 0.1) is 11.1 Å². The first-order valence-corrected chi connectivity index (χ1v) is 4.88. The van der Waals surface area contributed by atoms with Crippen LogP contribution in [0.4, 0.5) is 0 Å². The average Bonchev–Trinajstić information content (AvgIpc) is 1.99. The molecular formula is C10H12Cl2O. The first-order valence-electron chi connectivity index (χ1n) is 4.13. The van der Waals surface area contributed by atoms with Crippen molar-refractivity contribution in [1.29, 1.82) is 0 Å². The highest BCUT2D eigenvalue weighted by Crippen LogP contribution is 2.31. The highest BCUT2D eigenvalue weighted by Gasteiger charge is 2.06. The van der Waals surface area contributed by atoms with Crippen molar-refractivity contribution in [3.8, 4) is 5.75 Å². The lowest BCUT2D eigenvalue weighted by atomic mass is 10.2. The van der Waals surface area contributed by atoms with Gasteiger partial charge in [0, 0.05) is 5.02 Å². The highest BCUT2D eigenvalue weighted by molar-refractivity contribution is 6.35. The van der Waals surface area contributed by atoms with Crippen molar-refractivity contribution in [3.63, 3.8) is 0 Å². The van der Waals surface area contributed by atoms with Crippen LogP contribution in [-0.4, -0.2) is 6.10 Å². The van der Waals surface area contributed by atoms with Crippen LogP contribution >= 0.6 is 23.2 Å². The van der Waals surface area contributed by atoms with Crippen molar-refractivity contribution in [2.24, 2.45) is 0 Å². The maximum atomic E-state index is 5.94. The summed E-state index contributed by atoms with van der Waals surface area (Å²) < 4.78 is 5.49. The van der Waals surface area contributed by atoms with Gasteiger partial charge >= 0.3 is 0 Å². The smallest absolute Gasteiger partial charge is 0.138 e. The number of benzene rings is 1. The zero-order chi connectivity index (χ0) is 10.0. The average molecular weight is 219 g/mol. The molecule has 0 saturated heterocycles. The van der Waals surface area contributed by atoms with Crippen LogP contribution in [0.1, 0.15) is 19.4 Å². The fourth-order valence-corrected chi connectivity index (χ4v) is 1.40. The Balaban J connectivity index is 3.01. The van der Waals surface area contributed by atoms with Gasteiger partial charge in [0.2, 0.25) is 0 Å². The molecule has 0 heterocycles. The minimum Gasteiger partial charge on any atom is -0.489 e. The summed E-state index contributed by atoms with van der Waals surface area (Å²) in [6.07, 6.45) is 0.123. The minimum absolute atomic E-state index is 0.123. The van der Waals surface area contributed by atoms with Gasteiger partial charge in [-0.25, -0.2) is 0 Å². The molecule has 72 valence electrons. The van der Waals surface area contributed by atoms with E-state index in [1.54, 1.807) is 6.07 Å². The molecule has 0 amide bonds. The number of halogens is 2. The lowest BCUT2D eigenvalue weighted by Gasteiger charge is -2.12. The Morgan fingerprint density at radius 2 is 1.77 bits per heavy atom. The molecule has 0 atom stereocenters. The van der Waals surface area contributed by atoms with E-state index in [9.17, 15) is 0 Å². The molecule has 1 rings (SSSR count). The summed E-state index contributed by atoms with van der Waals surface area (Å²) >= 11 is 11.8. The number of aryl methyl sites for hydroxylation is 1. The van der Waals surface area contributed by atoms with Crippen molar-refractivity contribution in [3.05, 3.63) is 27.7 Å². The van der Waals surface area contributed by atoms with Gasteiger partial charge in [0.25, 0.3) is 0 Å². The summed E-state index contributed by atoms with van der Waals surface area (Å²) in [6.45, 7) is 5.84. The Labute approximate surface area is 88.6 Å². The predicted molar refractivity (Wildman–Crippen MR) is 57.0 cm³/mol. The van der Waals surface area contributed by atoms with E-state index in [1.807, 2.05) is 26.8 Å². The molecular weight excluding hydrogens is 207 g/mol. The molecule has 1 aromatic carbocycles. The third kappa shape index (κ3) is 2.78. The van der Waals surface area contributed by atoms with Crippen LogP contribution in [0.25, 0.3) is 0 Å². The molecule has 3 heteroatoms. The molecule has 0 radical (unpaired) electrons. The molecule has 1 nitrogen and oxygen atoms in total. The topological polar surface area (TPSA) is 9.23 Å². The van der Waals surface area contributed by atoms with Crippen LogP contribution in [0.5, 0.6) is 5.75 Å². The molecule has 1 aromatic rings. The van der Waals surface area contributed by atoms with Gasteiger partial charge in [-0.05, 0) is 38.5 Å². The second-order valence-electron chi connectivity index (χ2n) is 3.20. The van der Waals surface area contributed by atoms with E-state index in [1.165, 1.54) is 0 Å². The van der Waals surface area contributed by atoms with Crippen molar-refractivity contribution in [2.75, 3.05) is 0 Å². The molecule has 0 bridgehead atoms. The quantitative estimate of drug-likeness (QED) is 0.727. The van der Waals surface area contributed by atoms with E-state index in [4.69, 9.17) is 27.9 Å². The van der Waals surface area contributed by atoms with Crippen LogP contribution in [0.2, 0.25) is 10.0 Å². The van der Waals surface area contributed by atoms with E-state index < -0.39 is 0 Å². The molecule has 0 fully saturated rings. The van der Waals surface area contributed by atoms with Gasteiger partial charge in [-0.1, -0.05) is 23.2 Å². The molecule has 0 N–H and O–H groups in total. The Bertz CT molecular complexity index is 308. The molecule has 0 saturated carbocycles. The Morgan fingerprint density at radius 3 is 2.31 bits per heavy atom. The van der Waals surface area contributed by atoms with Crippen LogP contribution in [0.15, 0.2) is 12.1 Å². The molecule has 0 aliphatic heterocycles. The van der Waals surface area contributed by atoms with Crippen LogP contribution in [0, 0.1) is 6.92 Å². The molecule has 0 unspecified atom stereocenters. The van der Waals surface area contributed by atoms with E-state index in [2.05, 4.69) is 0 Å². The van der Waals surface area contributed by atoms with Crippen molar-refractivity contribution in [1.82, 2.24) is 0 Å². The van der Waals surface area contributed by atoms with Crippen LogP contribution in [0.3, 0.4) is 0 Å².